The second-order valence-electron chi connectivity index (χ2n) is 7.13. The molecule has 156 valence electrons. The highest BCUT2D eigenvalue weighted by molar-refractivity contribution is 5.90. The summed E-state index contributed by atoms with van der Waals surface area (Å²) in [6, 6.07) is 7.61. The predicted octanol–water partition coefficient (Wildman–Crippen LogP) is 3.15. The minimum Gasteiger partial charge on any atom is -0.491 e. The van der Waals surface area contributed by atoms with E-state index < -0.39 is 0 Å². The van der Waals surface area contributed by atoms with Gasteiger partial charge in [-0.1, -0.05) is 0 Å². The Balaban J connectivity index is 0.000000878. The molecule has 28 heavy (non-hydrogen) atoms. The lowest BCUT2D eigenvalue weighted by molar-refractivity contribution is -0.123. The second-order valence-corrected chi connectivity index (χ2v) is 7.13. The topological polar surface area (TPSA) is 88.1 Å². The van der Waals surface area contributed by atoms with Gasteiger partial charge in [-0.2, -0.15) is 0 Å². The Morgan fingerprint density at radius 1 is 1.21 bits per heavy atom. The molecule has 3 rings (SSSR count). The Morgan fingerprint density at radius 3 is 2.57 bits per heavy atom. The van der Waals surface area contributed by atoms with Gasteiger partial charge in [0.1, 0.15) is 12.4 Å². The Bertz CT molecular complexity index is 567. The Hall–Kier alpha value is -2.12. The zero-order valence-corrected chi connectivity index (χ0v) is 16.5. The molecule has 0 aliphatic carbocycles. The summed E-state index contributed by atoms with van der Waals surface area (Å²) in [7, 11) is 0. The molecule has 2 N–H and O–H groups in total. The highest BCUT2D eigenvalue weighted by atomic mass is 16.5. The zero-order valence-electron chi connectivity index (χ0n) is 16.5. The molecule has 0 spiro atoms. The first-order valence-corrected chi connectivity index (χ1v) is 10.2. The van der Waals surface area contributed by atoms with Gasteiger partial charge < -0.3 is 24.8 Å². The number of amides is 1. The van der Waals surface area contributed by atoms with Crippen molar-refractivity contribution in [3.8, 4) is 5.75 Å². The summed E-state index contributed by atoms with van der Waals surface area (Å²) in [4.78, 5) is 22.8. The lowest BCUT2D eigenvalue weighted by Gasteiger charge is -2.22. The van der Waals surface area contributed by atoms with Gasteiger partial charge in [-0.3, -0.25) is 9.59 Å². The molecule has 2 saturated heterocycles. The van der Waals surface area contributed by atoms with E-state index in [1.165, 1.54) is 32.4 Å². The number of ether oxygens (including phenoxy) is 2. The van der Waals surface area contributed by atoms with Crippen LogP contribution in [-0.4, -0.2) is 61.3 Å². The van der Waals surface area contributed by atoms with Crippen LogP contribution in [0.3, 0.4) is 0 Å². The quantitative estimate of drug-likeness (QED) is 0.661. The van der Waals surface area contributed by atoms with Crippen molar-refractivity contribution < 1.29 is 24.2 Å². The van der Waals surface area contributed by atoms with E-state index in [2.05, 4.69) is 10.2 Å². The van der Waals surface area contributed by atoms with Crippen molar-refractivity contribution in [2.24, 2.45) is 0 Å². The van der Waals surface area contributed by atoms with Crippen molar-refractivity contribution in [3.05, 3.63) is 24.3 Å². The van der Waals surface area contributed by atoms with E-state index in [9.17, 15) is 4.79 Å². The average Bonchev–Trinajstić information content (AvgIpc) is 3.22. The monoisotopic (exact) mass is 392 g/mol. The first-order valence-electron chi connectivity index (χ1n) is 10.2. The number of carboxylic acid groups (broad SMARTS) is 1. The van der Waals surface area contributed by atoms with E-state index in [1.807, 2.05) is 24.3 Å². The van der Waals surface area contributed by atoms with Crippen LogP contribution in [0.5, 0.6) is 5.75 Å². The summed E-state index contributed by atoms with van der Waals surface area (Å²) in [6.07, 6.45) is 7.76. The number of nitrogens with zero attached hydrogens (tertiary/aromatic N) is 1. The van der Waals surface area contributed by atoms with Gasteiger partial charge in [0.15, 0.2) is 0 Å². The van der Waals surface area contributed by atoms with Gasteiger partial charge in [0.2, 0.25) is 5.91 Å². The van der Waals surface area contributed by atoms with Crippen molar-refractivity contribution in [2.45, 2.75) is 51.0 Å². The molecule has 1 atom stereocenters. The first-order chi connectivity index (χ1) is 13.7. The molecule has 2 aliphatic rings. The van der Waals surface area contributed by atoms with Crippen LogP contribution in [0.2, 0.25) is 0 Å². The van der Waals surface area contributed by atoms with Crippen LogP contribution in [0.4, 0.5) is 5.69 Å². The fraction of sp³-hybridized carbons (Fsp3) is 0.619. The SMILES string of the molecule is O=C(CCCN1CCCC1)Nc1ccc(OCC2CCCCO2)cc1.O=CO. The standard InChI is InChI=1S/C20H30N2O3.CH2O2/c23-20(7-5-14-22-12-2-3-13-22)21-17-8-10-18(11-9-17)25-16-19-6-1-4-15-24-19;2-1-3/h8-11,19H,1-7,12-16H2,(H,21,23);1H,(H,2,3). The molecule has 2 heterocycles. The van der Waals surface area contributed by atoms with Crippen LogP contribution < -0.4 is 10.1 Å². The third-order valence-electron chi connectivity index (χ3n) is 4.92. The van der Waals surface area contributed by atoms with E-state index in [1.54, 1.807) is 0 Å². The van der Waals surface area contributed by atoms with Crippen LogP contribution >= 0.6 is 0 Å². The fourth-order valence-electron chi connectivity index (χ4n) is 3.46. The maximum Gasteiger partial charge on any atom is 0.290 e. The maximum absolute atomic E-state index is 12.0. The van der Waals surface area contributed by atoms with Gasteiger partial charge >= 0.3 is 0 Å². The number of hydrogen-bond acceptors (Lipinski definition) is 5. The minimum atomic E-state index is -0.250. The van der Waals surface area contributed by atoms with E-state index in [4.69, 9.17) is 19.4 Å². The summed E-state index contributed by atoms with van der Waals surface area (Å²) in [5.41, 5.74) is 0.826. The summed E-state index contributed by atoms with van der Waals surface area (Å²) in [5.74, 6) is 0.907. The molecule has 1 aromatic carbocycles. The number of carbonyl (C=O) groups is 2. The van der Waals surface area contributed by atoms with E-state index in [0.717, 1.165) is 43.9 Å². The van der Waals surface area contributed by atoms with Crippen molar-refractivity contribution >= 4 is 18.1 Å². The normalized spacial score (nSPS) is 19.4. The molecule has 2 aliphatic heterocycles. The third kappa shape index (κ3) is 8.71. The van der Waals surface area contributed by atoms with Crippen LogP contribution in [0.25, 0.3) is 0 Å². The first kappa shape index (κ1) is 22.2. The van der Waals surface area contributed by atoms with Gasteiger partial charge in [-0.05, 0) is 82.4 Å². The number of benzene rings is 1. The highest BCUT2D eigenvalue weighted by Crippen LogP contribution is 2.19. The molecule has 1 aromatic rings. The average molecular weight is 392 g/mol. The smallest absolute Gasteiger partial charge is 0.290 e. The molecule has 0 aromatic heterocycles. The summed E-state index contributed by atoms with van der Waals surface area (Å²) >= 11 is 0. The number of hydrogen-bond donors (Lipinski definition) is 2. The van der Waals surface area contributed by atoms with Gasteiger partial charge in [0.25, 0.3) is 6.47 Å². The summed E-state index contributed by atoms with van der Waals surface area (Å²) < 4.78 is 11.4. The largest absolute Gasteiger partial charge is 0.491 e. The van der Waals surface area contributed by atoms with Gasteiger partial charge in [-0.25, -0.2) is 0 Å². The zero-order chi connectivity index (χ0) is 20.0. The molecule has 1 amide bonds. The second kappa shape index (κ2) is 13.1. The maximum atomic E-state index is 12.0. The summed E-state index contributed by atoms with van der Waals surface area (Å²) in [6.45, 7) is 4.60. The molecule has 1 unspecified atom stereocenters. The Kier molecular flexibility index (Phi) is 10.4. The summed E-state index contributed by atoms with van der Waals surface area (Å²) in [5, 5.41) is 9.85. The van der Waals surface area contributed by atoms with Crippen LogP contribution in [-0.2, 0) is 14.3 Å². The lowest BCUT2D eigenvalue weighted by atomic mass is 10.1. The molecular formula is C21H32N2O5. The minimum absolute atomic E-state index is 0.0865. The fourth-order valence-corrected chi connectivity index (χ4v) is 3.46. The van der Waals surface area contributed by atoms with Crippen molar-refractivity contribution in [2.75, 3.05) is 38.2 Å². The number of carbonyl (C=O) groups excluding carboxylic acids is 1. The van der Waals surface area contributed by atoms with Crippen LogP contribution in [0.1, 0.15) is 44.9 Å². The third-order valence-corrected chi connectivity index (χ3v) is 4.92. The Labute approximate surface area is 167 Å². The molecule has 2 fully saturated rings. The van der Waals surface area contributed by atoms with Crippen molar-refractivity contribution in [3.63, 3.8) is 0 Å². The van der Waals surface area contributed by atoms with E-state index in [0.29, 0.717) is 13.0 Å². The molecule has 0 bridgehead atoms. The van der Waals surface area contributed by atoms with Crippen LogP contribution in [0.15, 0.2) is 24.3 Å². The molecule has 7 heteroatoms. The van der Waals surface area contributed by atoms with Gasteiger partial charge in [-0.15, -0.1) is 0 Å². The van der Waals surface area contributed by atoms with Crippen molar-refractivity contribution in [1.29, 1.82) is 0 Å². The molecular weight excluding hydrogens is 360 g/mol. The van der Waals surface area contributed by atoms with E-state index >= 15 is 0 Å². The van der Waals surface area contributed by atoms with Gasteiger partial charge in [0, 0.05) is 18.7 Å². The van der Waals surface area contributed by atoms with E-state index in [-0.39, 0.29) is 18.5 Å². The van der Waals surface area contributed by atoms with Crippen LogP contribution in [0, 0.1) is 0 Å². The number of nitrogens with one attached hydrogen (secondary N) is 1. The van der Waals surface area contributed by atoms with Gasteiger partial charge in [0.05, 0.1) is 6.10 Å². The molecule has 0 radical (unpaired) electrons. The Morgan fingerprint density at radius 2 is 1.93 bits per heavy atom. The predicted molar refractivity (Wildman–Crippen MR) is 108 cm³/mol. The lowest BCUT2D eigenvalue weighted by Crippen LogP contribution is -2.25. The molecule has 0 saturated carbocycles. The number of rotatable bonds is 8. The number of likely N-dealkylation sites (tertiary alicyclic amines) is 1. The molecule has 7 nitrogen and oxygen atoms in total. The van der Waals surface area contributed by atoms with Crippen molar-refractivity contribution in [1.82, 2.24) is 4.90 Å². The number of anilines is 1. The highest BCUT2D eigenvalue weighted by Gasteiger charge is 2.14.